The maximum Gasteiger partial charge on any atom is 0.137 e. The van der Waals surface area contributed by atoms with Crippen LogP contribution in [-0.2, 0) is 6.42 Å². The van der Waals surface area contributed by atoms with Crippen molar-refractivity contribution in [1.29, 1.82) is 0 Å². The van der Waals surface area contributed by atoms with Gasteiger partial charge in [-0.05, 0) is 70.7 Å². The molecule has 0 radical (unpaired) electrons. The van der Waals surface area contributed by atoms with Crippen LogP contribution in [-0.4, -0.2) is 6.54 Å². The summed E-state index contributed by atoms with van der Waals surface area (Å²) in [5.41, 5.74) is 2.20. The van der Waals surface area contributed by atoms with Crippen LogP contribution in [0.1, 0.15) is 30.5 Å². The first-order valence-electron chi connectivity index (χ1n) is 7.03. The molecule has 4 heteroatoms. The fourth-order valence-electron chi connectivity index (χ4n) is 2.26. The summed E-state index contributed by atoms with van der Waals surface area (Å²) in [6.07, 6.45) is 1.88. The molecule has 0 aliphatic rings. The van der Waals surface area contributed by atoms with Crippen LogP contribution < -0.4 is 5.32 Å². The molecule has 0 aromatic heterocycles. The van der Waals surface area contributed by atoms with Crippen molar-refractivity contribution in [3.8, 4) is 0 Å². The lowest BCUT2D eigenvalue weighted by Crippen LogP contribution is -2.24. The number of rotatable bonds is 6. The van der Waals surface area contributed by atoms with Gasteiger partial charge in [-0.3, -0.25) is 0 Å². The molecular formula is C17H18Br2FN. The first kappa shape index (κ1) is 16.7. The Morgan fingerprint density at radius 1 is 1.14 bits per heavy atom. The molecule has 1 nitrogen and oxygen atoms in total. The van der Waals surface area contributed by atoms with E-state index in [4.69, 9.17) is 0 Å². The number of nitrogens with one attached hydrogen (secondary N) is 1. The lowest BCUT2D eigenvalue weighted by atomic mass is 9.98. The first-order valence-corrected chi connectivity index (χ1v) is 8.61. The molecule has 1 N–H and O–H groups in total. The molecule has 0 saturated heterocycles. The maximum absolute atomic E-state index is 13.8. The molecule has 0 aliphatic heterocycles. The minimum absolute atomic E-state index is 0.113. The molecule has 0 amide bonds. The molecule has 0 fully saturated rings. The van der Waals surface area contributed by atoms with Crippen LogP contribution in [0.15, 0.2) is 51.4 Å². The number of benzene rings is 2. The third-order valence-corrected chi connectivity index (χ3v) is 4.45. The Hall–Kier alpha value is -0.710. The Kier molecular flexibility index (Phi) is 6.40. The second-order valence-electron chi connectivity index (χ2n) is 5.01. The van der Waals surface area contributed by atoms with E-state index in [1.54, 1.807) is 12.1 Å². The van der Waals surface area contributed by atoms with Crippen molar-refractivity contribution >= 4 is 31.9 Å². The second-order valence-corrected chi connectivity index (χ2v) is 6.78. The highest BCUT2D eigenvalue weighted by Crippen LogP contribution is 2.24. The van der Waals surface area contributed by atoms with Gasteiger partial charge in [-0.1, -0.05) is 41.1 Å². The fraction of sp³-hybridized carbons (Fsp3) is 0.294. The third-order valence-electron chi connectivity index (χ3n) is 3.32. The number of hydrogen-bond donors (Lipinski definition) is 1. The Labute approximate surface area is 142 Å². The molecule has 2 aromatic carbocycles. The van der Waals surface area contributed by atoms with E-state index in [0.29, 0.717) is 4.47 Å². The summed E-state index contributed by atoms with van der Waals surface area (Å²) in [5.74, 6) is -0.218. The summed E-state index contributed by atoms with van der Waals surface area (Å²) in [6, 6.07) is 13.7. The van der Waals surface area contributed by atoms with Gasteiger partial charge in [0.15, 0.2) is 0 Å². The van der Waals surface area contributed by atoms with Crippen molar-refractivity contribution in [2.45, 2.75) is 25.8 Å². The molecule has 21 heavy (non-hydrogen) atoms. The van der Waals surface area contributed by atoms with Crippen LogP contribution in [0.4, 0.5) is 4.39 Å². The van der Waals surface area contributed by atoms with Crippen LogP contribution in [0.3, 0.4) is 0 Å². The van der Waals surface area contributed by atoms with Crippen molar-refractivity contribution in [3.63, 3.8) is 0 Å². The van der Waals surface area contributed by atoms with Gasteiger partial charge in [0.05, 0.1) is 4.47 Å². The number of halogens is 3. The van der Waals surface area contributed by atoms with Gasteiger partial charge in [-0.15, -0.1) is 0 Å². The summed E-state index contributed by atoms with van der Waals surface area (Å²) < 4.78 is 15.4. The summed E-state index contributed by atoms with van der Waals surface area (Å²) >= 11 is 6.70. The minimum atomic E-state index is -0.218. The fourth-order valence-corrected chi connectivity index (χ4v) is 2.95. The third kappa shape index (κ3) is 4.90. The molecule has 2 aromatic rings. The van der Waals surface area contributed by atoms with Crippen molar-refractivity contribution in [2.75, 3.05) is 6.54 Å². The van der Waals surface area contributed by atoms with Gasteiger partial charge in [-0.25, -0.2) is 4.39 Å². The van der Waals surface area contributed by atoms with Gasteiger partial charge in [0, 0.05) is 10.5 Å². The summed E-state index contributed by atoms with van der Waals surface area (Å²) in [5, 5.41) is 3.50. The monoisotopic (exact) mass is 413 g/mol. The predicted octanol–water partition coefficient (Wildman–Crippen LogP) is 5.63. The van der Waals surface area contributed by atoms with Gasteiger partial charge >= 0.3 is 0 Å². The van der Waals surface area contributed by atoms with Crippen LogP contribution in [0.5, 0.6) is 0 Å². The standard InChI is InChI=1S/C17H18Br2FN/c1-2-8-21-17(10-12-4-3-5-14(18)9-12)13-6-7-15(19)16(20)11-13/h3-7,9,11,17,21H,2,8,10H2,1H3. The van der Waals surface area contributed by atoms with E-state index in [2.05, 4.69) is 56.2 Å². The van der Waals surface area contributed by atoms with E-state index in [9.17, 15) is 4.39 Å². The number of hydrogen-bond acceptors (Lipinski definition) is 1. The molecule has 0 aliphatic carbocycles. The summed E-state index contributed by atoms with van der Waals surface area (Å²) in [7, 11) is 0. The van der Waals surface area contributed by atoms with E-state index in [1.807, 2.05) is 18.2 Å². The Bertz CT molecular complexity index is 601. The first-order chi connectivity index (χ1) is 10.1. The lowest BCUT2D eigenvalue weighted by Gasteiger charge is -2.20. The highest BCUT2D eigenvalue weighted by atomic mass is 79.9. The van der Waals surface area contributed by atoms with Gasteiger partial charge in [-0.2, -0.15) is 0 Å². The van der Waals surface area contributed by atoms with Gasteiger partial charge in [0.2, 0.25) is 0 Å². The average Bonchev–Trinajstić information content (AvgIpc) is 2.46. The Balaban J connectivity index is 2.22. The van der Waals surface area contributed by atoms with Crippen LogP contribution in [0.25, 0.3) is 0 Å². The quantitative estimate of drug-likeness (QED) is 0.645. The SMILES string of the molecule is CCCNC(Cc1cccc(Br)c1)c1ccc(Br)c(F)c1. The lowest BCUT2D eigenvalue weighted by molar-refractivity contribution is 0.523. The summed E-state index contributed by atoms with van der Waals surface area (Å²) in [4.78, 5) is 0. The Morgan fingerprint density at radius 3 is 2.62 bits per heavy atom. The molecule has 0 spiro atoms. The van der Waals surface area contributed by atoms with Crippen LogP contribution in [0.2, 0.25) is 0 Å². The van der Waals surface area contributed by atoms with Crippen molar-refractivity contribution in [2.24, 2.45) is 0 Å². The van der Waals surface area contributed by atoms with E-state index in [0.717, 1.165) is 29.4 Å². The average molecular weight is 415 g/mol. The molecule has 2 rings (SSSR count). The molecule has 0 saturated carbocycles. The molecular weight excluding hydrogens is 397 g/mol. The van der Waals surface area contributed by atoms with E-state index in [-0.39, 0.29) is 11.9 Å². The zero-order chi connectivity index (χ0) is 15.2. The molecule has 0 heterocycles. The van der Waals surface area contributed by atoms with Crippen LogP contribution in [0, 0.1) is 5.82 Å². The predicted molar refractivity (Wildman–Crippen MR) is 93.0 cm³/mol. The van der Waals surface area contributed by atoms with E-state index < -0.39 is 0 Å². The zero-order valence-electron chi connectivity index (χ0n) is 11.9. The van der Waals surface area contributed by atoms with Crippen molar-refractivity contribution < 1.29 is 4.39 Å². The van der Waals surface area contributed by atoms with Gasteiger partial charge in [0.25, 0.3) is 0 Å². The van der Waals surface area contributed by atoms with E-state index in [1.165, 1.54) is 5.56 Å². The largest absolute Gasteiger partial charge is 0.310 e. The molecule has 1 atom stereocenters. The highest BCUT2D eigenvalue weighted by Gasteiger charge is 2.13. The van der Waals surface area contributed by atoms with Crippen LogP contribution >= 0.6 is 31.9 Å². The zero-order valence-corrected chi connectivity index (χ0v) is 15.0. The van der Waals surface area contributed by atoms with Gasteiger partial charge < -0.3 is 5.32 Å². The minimum Gasteiger partial charge on any atom is -0.310 e. The second kappa shape index (κ2) is 8.06. The smallest absolute Gasteiger partial charge is 0.137 e. The van der Waals surface area contributed by atoms with E-state index >= 15 is 0 Å². The maximum atomic E-state index is 13.8. The molecule has 1 unspecified atom stereocenters. The van der Waals surface area contributed by atoms with Gasteiger partial charge in [0.1, 0.15) is 5.82 Å². The molecule has 112 valence electrons. The topological polar surface area (TPSA) is 12.0 Å². The van der Waals surface area contributed by atoms with Crippen molar-refractivity contribution in [3.05, 3.63) is 68.4 Å². The summed E-state index contributed by atoms with van der Waals surface area (Å²) in [6.45, 7) is 3.04. The Morgan fingerprint density at radius 2 is 1.95 bits per heavy atom. The molecule has 0 bridgehead atoms. The normalized spacial score (nSPS) is 12.4. The highest BCUT2D eigenvalue weighted by molar-refractivity contribution is 9.10. The van der Waals surface area contributed by atoms with Crippen molar-refractivity contribution in [1.82, 2.24) is 5.32 Å².